The molecule has 6 atom stereocenters. The molecule has 1 unspecified atom stereocenters. The quantitative estimate of drug-likeness (QED) is 0.0178. The maximum absolute atomic E-state index is 14.5. The Morgan fingerprint density at radius 2 is 1.66 bits per heavy atom. The SMILES string of the molecule is C[C@@H](O)[C@H](NC(=O)[C@@H](N)Cc1ccc(O)cc1)C(=O)N[C@@H](CCCCN)C(=O)N1CCC(C(=O)c2ccc(NN)nc2)[C@]1(C=O)C(=O)CCCCCN. The third-order valence-corrected chi connectivity index (χ3v) is 9.48. The van der Waals surface area contributed by atoms with Gasteiger partial charge in [0, 0.05) is 24.7 Å². The molecule has 13 N–H and O–H groups in total. The molecule has 1 fully saturated rings. The van der Waals surface area contributed by atoms with Crippen LogP contribution in [0.5, 0.6) is 5.75 Å². The lowest BCUT2D eigenvalue weighted by Crippen LogP contribution is -2.64. The zero-order valence-electron chi connectivity index (χ0n) is 30.0. The van der Waals surface area contributed by atoms with Gasteiger partial charge in [0.05, 0.1) is 18.1 Å². The summed E-state index contributed by atoms with van der Waals surface area (Å²) in [6.45, 7) is 1.82. The largest absolute Gasteiger partial charge is 0.508 e. The second-order valence-corrected chi connectivity index (χ2v) is 13.3. The number of benzene rings is 1. The van der Waals surface area contributed by atoms with Crippen LogP contribution in [-0.2, 0) is 30.4 Å². The van der Waals surface area contributed by atoms with Crippen molar-refractivity contribution < 1.29 is 39.0 Å². The Bertz CT molecular complexity index is 1560. The number of aldehydes is 1. The molecule has 290 valence electrons. The first-order chi connectivity index (χ1) is 25.3. The molecule has 2 heterocycles. The number of pyridine rings is 1. The molecule has 1 aliphatic rings. The molecule has 1 aromatic heterocycles. The van der Waals surface area contributed by atoms with Gasteiger partial charge >= 0.3 is 0 Å². The number of aliphatic hydroxyl groups is 1. The molecular formula is C36H53N9O8. The van der Waals surface area contributed by atoms with Crippen LogP contribution in [0.25, 0.3) is 0 Å². The number of phenols is 1. The van der Waals surface area contributed by atoms with E-state index in [-0.39, 0.29) is 55.9 Å². The van der Waals surface area contributed by atoms with Crippen LogP contribution >= 0.6 is 0 Å². The predicted molar refractivity (Wildman–Crippen MR) is 196 cm³/mol. The highest BCUT2D eigenvalue weighted by molar-refractivity contribution is 6.14. The van der Waals surface area contributed by atoms with E-state index in [1.54, 1.807) is 12.1 Å². The van der Waals surface area contributed by atoms with Gasteiger partial charge < -0.3 is 53.2 Å². The average Bonchev–Trinajstić information content (AvgIpc) is 3.55. The third-order valence-electron chi connectivity index (χ3n) is 9.48. The number of ketones is 2. The van der Waals surface area contributed by atoms with E-state index in [0.29, 0.717) is 50.5 Å². The number of rotatable bonds is 22. The van der Waals surface area contributed by atoms with E-state index in [2.05, 4.69) is 21.0 Å². The van der Waals surface area contributed by atoms with Gasteiger partial charge in [0.2, 0.25) is 17.7 Å². The Morgan fingerprint density at radius 1 is 0.981 bits per heavy atom. The van der Waals surface area contributed by atoms with Crippen molar-refractivity contribution in [2.75, 3.05) is 25.1 Å². The Balaban J connectivity index is 1.92. The number of nitrogens with one attached hydrogen (secondary N) is 3. The number of amides is 3. The van der Waals surface area contributed by atoms with Gasteiger partial charge in [-0.15, -0.1) is 0 Å². The highest BCUT2D eigenvalue weighted by atomic mass is 16.3. The Kier molecular flexibility index (Phi) is 16.4. The summed E-state index contributed by atoms with van der Waals surface area (Å²) < 4.78 is 0. The van der Waals surface area contributed by atoms with Crippen molar-refractivity contribution in [3.63, 3.8) is 0 Å². The maximum Gasteiger partial charge on any atom is 0.246 e. The minimum Gasteiger partial charge on any atom is -0.508 e. The molecule has 0 bridgehead atoms. The maximum atomic E-state index is 14.5. The fourth-order valence-electron chi connectivity index (χ4n) is 6.51. The van der Waals surface area contributed by atoms with E-state index < -0.39 is 65.0 Å². The number of unbranched alkanes of at least 4 members (excludes halogenated alkanes) is 3. The molecule has 0 radical (unpaired) electrons. The van der Waals surface area contributed by atoms with Crippen molar-refractivity contribution >= 4 is 41.4 Å². The summed E-state index contributed by atoms with van der Waals surface area (Å²) in [5.74, 6) is 0.847. The monoisotopic (exact) mass is 739 g/mol. The number of Topliss-reactive ketones (excluding diaryl/α,β-unsaturated/α-hetero) is 2. The molecule has 1 aromatic carbocycles. The van der Waals surface area contributed by atoms with Gasteiger partial charge in [0.15, 0.2) is 23.4 Å². The van der Waals surface area contributed by atoms with Gasteiger partial charge in [0.1, 0.15) is 23.7 Å². The molecule has 1 aliphatic heterocycles. The summed E-state index contributed by atoms with van der Waals surface area (Å²) in [5.41, 5.74) is 18.4. The summed E-state index contributed by atoms with van der Waals surface area (Å²) in [6, 6.07) is 4.98. The number of phenolic OH excluding ortho intramolecular Hbond substituents is 1. The summed E-state index contributed by atoms with van der Waals surface area (Å²) in [5, 5.41) is 25.2. The number of likely N-dealkylation sites (tertiary alicyclic amines) is 1. The summed E-state index contributed by atoms with van der Waals surface area (Å²) >= 11 is 0. The number of nitrogens with zero attached hydrogens (tertiary/aromatic N) is 2. The Labute approximate surface area is 308 Å². The lowest BCUT2D eigenvalue weighted by molar-refractivity contribution is -0.151. The van der Waals surface area contributed by atoms with Crippen molar-refractivity contribution in [3.05, 3.63) is 53.7 Å². The van der Waals surface area contributed by atoms with Gasteiger partial charge in [-0.2, -0.15) is 0 Å². The van der Waals surface area contributed by atoms with Crippen LogP contribution in [-0.4, -0.2) is 105 Å². The second-order valence-electron chi connectivity index (χ2n) is 13.3. The molecule has 0 aliphatic carbocycles. The number of nitrogen functional groups attached to an aromatic ring is 1. The lowest BCUT2D eigenvalue weighted by Gasteiger charge is -2.38. The van der Waals surface area contributed by atoms with Gasteiger partial charge in [-0.05, 0) is 94.8 Å². The fraction of sp³-hybridized carbons (Fsp3) is 0.528. The van der Waals surface area contributed by atoms with Crippen LogP contribution in [0.4, 0.5) is 5.82 Å². The van der Waals surface area contributed by atoms with Crippen LogP contribution in [0.1, 0.15) is 74.2 Å². The normalized spacial score (nSPS) is 19.1. The molecule has 17 heteroatoms. The minimum atomic E-state index is -2.18. The van der Waals surface area contributed by atoms with Gasteiger partial charge in [-0.25, -0.2) is 10.8 Å². The van der Waals surface area contributed by atoms with E-state index in [1.165, 1.54) is 37.4 Å². The zero-order chi connectivity index (χ0) is 39.1. The predicted octanol–water partition coefficient (Wildman–Crippen LogP) is -0.821. The number of aromatic nitrogens is 1. The third kappa shape index (κ3) is 10.9. The van der Waals surface area contributed by atoms with Crippen molar-refractivity contribution in [1.82, 2.24) is 20.5 Å². The fourth-order valence-corrected chi connectivity index (χ4v) is 6.51. The number of hydrogen-bond donors (Lipinski definition) is 9. The van der Waals surface area contributed by atoms with Gasteiger partial charge in [-0.3, -0.25) is 24.0 Å². The topological polar surface area (TPSA) is 299 Å². The standard InChI is InChI=1S/C36H53N9O8/c1-22(47)31(43-33(51)27(39)19-23-9-12-25(48)13-10-23)34(52)42-28(7-4-6-17-38)35(53)45-18-15-26(32(50)24-11-14-30(44-40)41-20-24)36(45,21-46)29(49)8-3-2-5-16-37/h9-14,20-22,26-28,31,47-48H,2-8,15-19,37-40H2,1H3,(H,41,44)(H,42,52)(H,43,51)/t22-,26?,27+,28+,31+,36-/m1/s1. The number of hydrogen-bond acceptors (Lipinski definition) is 14. The van der Waals surface area contributed by atoms with Crippen molar-refractivity contribution in [2.45, 2.75) is 94.5 Å². The van der Waals surface area contributed by atoms with E-state index in [9.17, 15) is 39.0 Å². The van der Waals surface area contributed by atoms with Crippen LogP contribution < -0.4 is 39.1 Å². The number of nitrogens with two attached hydrogens (primary N) is 4. The molecule has 2 aromatic rings. The van der Waals surface area contributed by atoms with E-state index in [0.717, 1.165) is 4.90 Å². The number of carbonyl (C=O) groups is 6. The number of carbonyl (C=O) groups excluding carboxylic acids is 6. The summed E-state index contributed by atoms with van der Waals surface area (Å²) in [7, 11) is 0. The van der Waals surface area contributed by atoms with E-state index in [1.807, 2.05) is 0 Å². The molecule has 0 spiro atoms. The highest BCUT2D eigenvalue weighted by Gasteiger charge is 2.59. The molecule has 3 amide bonds. The molecule has 3 rings (SSSR count). The smallest absolute Gasteiger partial charge is 0.246 e. The zero-order valence-corrected chi connectivity index (χ0v) is 30.0. The van der Waals surface area contributed by atoms with Crippen molar-refractivity contribution in [1.29, 1.82) is 0 Å². The van der Waals surface area contributed by atoms with Crippen LogP contribution in [0, 0.1) is 5.92 Å². The Morgan fingerprint density at radius 3 is 2.25 bits per heavy atom. The lowest BCUT2D eigenvalue weighted by atomic mass is 9.76. The highest BCUT2D eigenvalue weighted by Crippen LogP contribution is 2.39. The first-order valence-corrected chi connectivity index (χ1v) is 17.8. The molecule has 17 nitrogen and oxygen atoms in total. The Hall–Kier alpha value is -4.81. The second kappa shape index (κ2) is 20.4. The van der Waals surface area contributed by atoms with Crippen LogP contribution in [0.15, 0.2) is 42.6 Å². The molecular weight excluding hydrogens is 686 g/mol. The molecule has 1 saturated heterocycles. The first-order valence-electron chi connectivity index (χ1n) is 17.8. The number of aromatic hydroxyl groups is 1. The van der Waals surface area contributed by atoms with E-state index >= 15 is 0 Å². The molecule has 0 saturated carbocycles. The van der Waals surface area contributed by atoms with Gasteiger partial charge in [0.25, 0.3) is 0 Å². The molecule has 53 heavy (non-hydrogen) atoms. The number of hydrazine groups is 1. The summed E-state index contributed by atoms with van der Waals surface area (Å²) in [6.07, 6.45) is 2.59. The van der Waals surface area contributed by atoms with Crippen LogP contribution in [0.3, 0.4) is 0 Å². The van der Waals surface area contributed by atoms with Crippen molar-refractivity contribution in [2.24, 2.45) is 29.0 Å². The number of anilines is 1. The van der Waals surface area contributed by atoms with E-state index in [4.69, 9.17) is 23.0 Å². The van der Waals surface area contributed by atoms with Crippen molar-refractivity contribution in [3.8, 4) is 5.75 Å². The van der Waals surface area contributed by atoms with Gasteiger partial charge in [-0.1, -0.05) is 18.6 Å². The minimum absolute atomic E-state index is 0.0243. The number of aliphatic hydroxyl groups excluding tert-OH is 1. The summed E-state index contributed by atoms with van der Waals surface area (Å²) in [4.78, 5) is 87.7. The van der Waals surface area contributed by atoms with Crippen LogP contribution in [0.2, 0.25) is 0 Å². The first kappa shape index (κ1) is 42.6. The average molecular weight is 740 g/mol.